The molecule has 0 heterocycles. The summed E-state index contributed by atoms with van der Waals surface area (Å²) in [6.45, 7) is 2.38. The summed E-state index contributed by atoms with van der Waals surface area (Å²) in [5.41, 5.74) is 7.95. The van der Waals surface area contributed by atoms with Gasteiger partial charge in [-0.2, -0.15) is 0 Å². The predicted octanol–water partition coefficient (Wildman–Crippen LogP) is 3.98. The van der Waals surface area contributed by atoms with Crippen LogP contribution in [0, 0.1) is 12.7 Å². The van der Waals surface area contributed by atoms with Crippen LogP contribution in [-0.4, -0.2) is 6.54 Å². The molecule has 0 radical (unpaired) electrons. The van der Waals surface area contributed by atoms with Crippen LogP contribution in [0.4, 0.5) is 4.39 Å². The molecule has 2 rings (SSSR count). The van der Waals surface area contributed by atoms with E-state index in [9.17, 15) is 4.39 Å². The number of rotatable bonds is 4. The van der Waals surface area contributed by atoms with Gasteiger partial charge < -0.3 is 10.5 Å². The Hall–Kier alpha value is -1.39. The van der Waals surface area contributed by atoms with E-state index in [0.29, 0.717) is 16.8 Å². The van der Waals surface area contributed by atoms with E-state index in [-0.39, 0.29) is 11.9 Å². The molecule has 0 aliphatic rings. The Morgan fingerprint density at radius 3 is 2.63 bits per heavy atom. The van der Waals surface area contributed by atoms with E-state index in [4.69, 9.17) is 10.5 Å². The fourth-order valence-electron chi connectivity index (χ4n) is 1.90. The topological polar surface area (TPSA) is 35.2 Å². The van der Waals surface area contributed by atoms with Crippen LogP contribution in [0.2, 0.25) is 0 Å². The van der Waals surface area contributed by atoms with Gasteiger partial charge in [-0.15, -0.1) is 0 Å². The molecule has 1 unspecified atom stereocenters. The normalized spacial score (nSPS) is 12.2. The van der Waals surface area contributed by atoms with Crippen molar-refractivity contribution in [1.82, 2.24) is 0 Å². The summed E-state index contributed by atoms with van der Waals surface area (Å²) in [6, 6.07) is 12.5. The number of hydrogen-bond acceptors (Lipinski definition) is 2. The Balaban J connectivity index is 2.24. The van der Waals surface area contributed by atoms with Crippen LogP contribution in [0.25, 0.3) is 0 Å². The van der Waals surface area contributed by atoms with Crippen LogP contribution in [0.15, 0.2) is 46.9 Å². The lowest BCUT2D eigenvalue weighted by molar-refractivity contribution is 0.213. The molecule has 0 bridgehead atoms. The van der Waals surface area contributed by atoms with Crippen LogP contribution in [0.1, 0.15) is 17.2 Å². The van der Waals surface area contributed by atoms with Crippen LogP contribution < -0.4 is 10.5 Å². The van der Waals surface area contributed by atoms with Gasteiger partial charge in [-0.25, -0.2) is 4.39 Å². The van der Waals surface area contributed by atoms with E-state index < -0.39 is 0 Å². The number of halogens is 2. The molecule has 19 heavy (non-hydrogen) atoms. The number of hydrogen-bond donors (Lipinski definition) is 1. The fourth-order valence-corrected chi connectivity index (χ4v) is 2.26. The van der Waals surface area contributed by atoms with Crippen molar-refractivity contribution in [3.05, 3.63) is 63.9 Å². The maximum atomic E-state index is 13.2. The highest BCUT2D eigenvalue weighted by molar-refractivity contribution is 9.10. The van der Waals surface area contributed by atoms with Gasteiger partial charge in [0.05, 0.1) is 4.47 Å². The zero-order chi connectivity index (χ0) is 13.8. The van der Waals surface area contributed by atoms with Gasteiger partial charge in [0.25, 0.3) is 0 Å². The van der Waals surface area contributed by atoms with E-state index in [0.717, 1.165) is 11.1 Å². The highest BCUT2D eigenvalue weighted by Gasteiger charge is 2.14. The van der Waals surface area contributed by atoms with Gasteiger partial charge in [0.2, 0.25) is 0 Å². The molecule has 2 aromatic rings. The molecule has 0 aromatic heterocycles. The summed E-state index contributed by atoms with van der Waals surface area (Å²) < 4.78 is 19.4. The molecule has 4 heteroatoms. The summed E-state index contributed by atoms with van der Waals surface area (Å²) in [7, 11) is 0. The third kappa shape index (κ3) is 3.33. The first-order valence-electron chi connectivity index (χ1n) is 5.99. The zero-order valence-electron chi connectivity index (χ0n) is 10.6. The lowest BCUT2D eigenvalue weighted by atomic mass is 10.0. The second-order valence-electron chi connectivity index (χ2n) is 4.27. The van der Waals surface area contributed by atoms with Gasteiger partial charge in [-0.1, -0.05) is 24.3 Å². The van der Waals surface area contributed by atoms with Crippen molar-refractivity contribution in [2.45, 2.75) is 13.0 Å². The number of ether oxygens (including phenoxy) is 1. The first kappa shape index (κ1) is 14.0. The second kappa shape index (κ2) is 6.17. The number of benzene rings is 2. The molecule has 0 saturated carbocycles. The predicted molar refractivity (Wildman–Crippen MR) is 77.7 cm³/mol. The third-order valence-electron chi connectivity index (χ3n) is 2.92. The average molecular weight is 324 g/mol. The quantitative estimate of drug-likeness (QED) is 0.923. The maximum Gasteiger partial charge on any atom is 0.137 e. The van der Waals surface area contributed by atoms with E-state index >= 15 is 0 Å². The number of nitrogens with two attached hydrogens (primary N) is 1. The van der Waals surface area contributed by atoms with Crippen LogP contribution in [-0.2, 0) is 0 Å². The molecule has 0 spiro atoms. The Kier molecular flexibility index (Phi) is 4.56. The highest BCUT2D eigenvalue weighted by Crippen LogP contribution is 2.27. The Labute approximate surface area is 120 Å². The standard InChI is InChI=1S/C15H15BrFNO/c1-10-4-2-3-5-12(10)15(9-18)19-11-6-7-14(17)13(16)8-11/h2-8,15H,9,18H2,1H3. The molecule has 0 saturated heterocycles. The van der Waals surface area contributed by atoms with Gasteiger partial charge in [-0.3, -0.25) is 0 Å². The Morgan fingerprint density at radius 2 is 2.00 bits per heavy atom. The second-order valence-corrected chi connectivity index (χ2v) is 5.13. The molecule has 0 amide bonds. The van der Waals surface area contributed by atoms with Crippen LogP contribution >= 0.6 is 15.9 Å². The summed E-state index contributed by atoms with van der Waals surface area (Å²) >= 11 is 3.14. The van der Waals surface area contributed by atoms with E-state index in [1.54, 1.807) is 12.1 Å². The van der Waals surface area contributed by atoms with Crippen molar-refractivity contribution >= 4 is 15.9 Å². The first-order chi connectivity index (χ1) is 9.11. The van der Waals surface area contributed by atoms with Crippen molar-refractivity contribution in [3.8, 4) is 5.75 Å². The minimum absolute atomic E-state index is 0.237. The minimum atomic E-state index is -0.312. The SMILES string of the molecule is Cc1ccccc1C(CN)Oc1ccc(F)c(Br)c1. The lowest BCUT2D eigenvalue weighted by Gasteiger charge is -2.19. The summed E-state index contributed by atoms with van der Waals surface area (Å²) in [4.78, 5) is 0. The molecule has 1 atom stereocenters. The van der Waals surface area contributed by atoms with Crippen LogP contribution in [0.3, 0.4) is 0 Å². The van der Waals surface area contributed by atoms with Crippen molar-refractivity contribution in [2.75, 3.05) is 6.54 Å². The Morgan fingerprint density at radius 1 is 1.26 bits per heavy atom. The van der Waals surface area contributed by atoms with Gasteiger partial charge in [0.1, 0.15) is 17.7 Å². The highest BCUT2D eigenvalue weighted by atomic mass is 79.9. The summed E-state index contributed by atoms with van der Waals surface area (Å²) in [5, 5.41) is 0. The average Bonchev–Trinajstić information content (AvgIpc) is 2.41. The van der Waals surface area contributed by atoms with Gasteiger partial charge in [-0.05, 0) is 52.2 Å². The molecular weight excluding hydrogens is 309 g/mol. The molecule has 0 aliphatic heterocycles. The maximum absolute atomic E-state index is 13.2. The summed E-state index contributed by atoms with van der Waals surface area (Å²) in [6.07, 6.45) is -0.237. The van der Waals surface area contributed by atoms with Gasteiger partial charge in [0.15, 0.2) is 0 Å². The molecule has 2 aromatic carbocycles. The monoisotopic (exact) mass is 323 g/mol. The molecule has 100 valence electrons. The molecule has 0 fully saturated rings. The van der Waals surface area contributed by atoms with E-state index in [1.165, 1.54) is 6.07 Å². The molecule has 2 nitrogen and oxygen atoms in total. The van der Waals surface area contributed by atoms with Crippen molar-refractivity contribution < 1.29 is 9.13 Å². The smallest absolute Gasteiger partial charge is 0.137 e. The largest absolute Gasteiger partial charge is 0.484 e. The van der Waals surface area contributed by atoms with Gasteiger partial charge >= 0.3 is 0 Å². The zero-order valence-corrected chi connectivity index (χ0v) is 12.2. The Bertz CT molecular complexity index is 574. The van der Waals surface area contributed by atoms with Crippen molar-refractivity contribution in [2.24, 2.45) is 5.73 Å². The molecule has 0 aliphatic carbocycles. The van der Waals surface area contributed by atoms with Crippen LogP contribution in [0.5, 0.6) is 5.75 Å². The number of aryl methyl sites for hydroxylation is 1. The van der Waals surface area contributed by atoms with Crippen molar-refractivity contribution in [1.29, 1.82) is 0 Å². The lowest BCUT2D eigenvalue weighted by Crippen LogP contribution is -2.19. The fraction of sp³-hybridized carbons (Fsp3) is 0.200. The van der Waals surface area contributed by atoms with Crippen molar-refractivity contribution in [3.63, 3.8) is 0 Å². The van der Waals surface area contributed by atoms with E-state index in [2.05, 4.69) is 15.9 Å². The van der Waals surface area contributed by atoms with Gasteiger partial charge in [0, 0.05) is 6.54 Å². The first-order valence-corrected chi connectivity index (χ1v) is 6.78. The minimum Gasteiger partial charge on any atom is -0.484 e. The molecule has 2 N–H and O–H groups in total. The third-order valence-corrected chi connectivity index (χ3v) is 3.53. The van der Waals surface area contributed by atoms with E-state index in [1.807, 2.05) is 31.2 Å². The molecular formula is C15H15BrFNO. The summed E-state index contributed by atoms with van der Waals surface area (Å²) in [5.74, 6) is 0.277.